The summed E-state index contributed by atoms with van der Waals surface area (Å²) in [4.78, 5) is 3.10. The first-order valence-corrected chi connectivity index (χ1v) is 9.87. The van der Waals surface area contributed by atoms with E-state index in [2.05, 4.69) is 4.98 Å². The van der Waals surface area contributed by atoms with Gasteiger partial charge in [-0.1, -0.05) is 36.4 Å². The van der Waals surface area contributed by atoms with Crippen LogP contribution in [-0.4, -0.2) is 47.8 Å². The molecule has 2 N–H and O–H groups in total. The third-order valence-electron chi connectivity index (χ3n) is 5.02. The van der Waals surface area contributed by atoms with Crippen LogP contribution in [0.1, 0.15) is 22.7 Å². The zero-order chi connectivity index (χ0) is 18.5. The Morgan fingerprint density at radius 1 is 1.12 bits per heavy atom. The smallest absolute Gasteiger partial charge is 0.282 e. The highest BCUT2D eigenvalue weighted by atomic mass is 32.2. The number of para-hydroxylation sites is 1. The van der Waals surface area contributed by atoms with Crippen LogP contribution in [0.2, 0.25) is 0 Å². The molecule has 6 nitrogen and oxygen atoms in total. The molecule has 7 heteroatoms. The normalized spacial score (nSPS) is 18.3. The lowest BCUT2D eigenvalue weighted by atomic mass is 9.90. The minimum absolute atomic E-state index is 0.153. The molecule has 2 aromatic carbocycles. The second-order valence-electron chi connectivity index (χ2n) is 6.70. The standard InChI is InChI=1S/C19H21N3O3S/c1-21(2)26(24,25)22-11-10-13-6-3-4-7-14(13)19(22)16-12-20-18-15(16)8-5-9-17(18)23/h3-9,12,19-20,23H,10-11H2,1-2H3. The van der Waals surface area contributed by atoms with E-state index in [1.54, 1.807) is 36.7 Å². The van der Waals surface area contributed by atoms with Gasteiger partial charge in [0.2, 0.25) is 0 Å². The summed E-state index contributed by atoms with van der Waals surface area (Å²) in [5.41, 5.74) is 3.59. The molecule has 0 bridgehead atoms. The lowest BCUT2D eigenvalue weighted by molar-refractivity contribution is 0.321. The molecule has 0 saturated heterocycles. The van der Waals surface area contributed by atoms with Gasteiger partial charge in [0.1, 0.15) is 5.75 Å². The van der Waals surface area contributed by atoms with Gasteiger partial charge in [0.25, 0.3) is 10.2 Å². The lowest BCUT2D eigenvalue weighted by Gasteiger charge is -2.37. The van der Waals surface area contributed by atoms with Crippen LogP contribution in [0.4, 0.5) is 0 Å². The number of nitrogens with one attached hydrogen (secondary N) is 1. The number of aromatic nitrogens is 1. The van der Waals surface area contributed by atoms with Gasteiger partial charge in [0, 0.05) is 37.8 Å². The van der Waals surface area contributed by atoms with Crippen molar-refractivity contribution < 1.29 is 13.5 Å². The van der Waals surface area contributed by atoms with Gasteiger partial charge in [-0.05, 0) is 23.6 Å². The molecule has 1 atom stereocenters. The van der Waals surface area contributed by atoms with Crippen LogP contribution in [0.25, 0.3) is 10.9 Å². The fourth-order valence-electron chi connectivity index (χ4n) is 3.71. The molecule has 1 aromatic heterocycles. The van der Waals surface area contributed by atoms with Crippen LogP contribution in [0.15, 0.2) is 48.7 Å². The molecule has 0 aliphatic carbocycles. The molecule has 0 amide bonds. The SMILES string of the molecule is CN(C)S(=O)(=O)N1CCc2ccccc2C1c1c[nH]c2c(O)cccc12. The van der Waals surface area contributed by atoms with Crippen molar-refractivity contribution in [2.45, 2.75) is 12.5 Å². The fourth-order valence-corrected chi connectivity index (χ4v) is 4.95. The van der Waals surface area contributed by atoms with Crippen molar-refractivity contribution >= 4 is 21.1 Å². The van der Waals surface area contributed by atoms with E-state index in [1.165, 1.54) is 4.31 Å². The van der Waals surface area contributed by atoms with E-state index < -0.39 is 16.3 Å². The average Bonchev–Trinajstić information content (AvgIpc) is 3.05. The largest absolute Gasteiger partial charge is 0.506 e. The van der Waals surface area contributed by atoms with Crippen molar-refractivity contribution in [3.05, 3.63) is 65.4 Å². The van der Waals surface area contributed by atoms with Crippen LogP contribution < -0.4 is 0 Å². The fraction of sp³-hybridized carbons (Fsp3) is 0.263. The molecule has 0 fully saturated rings. The maximum atomic E-state index is 13.0. The number of benzene rings is 2. The van der Waals surface area contributed by atoms with Crippen LogP contribution in [0.5, 0.6) is 5.75 Å². The molecule has 0 radical (unpaired) electrons. The maximum Gasteiger partial charge on any atom is 0.282 e. The van der Waals surface area contributed by atoms with Gasteiger partial charge in [0.15, 0.2) is 0 Å². The molecule has 3 aromatic rings. The Balaban J connectivity index is 1.97. The van der Waals surface area contributed by atoms with Gasteiger partial charge in [-0.2, -0.15) is 17.0 Å². The highest BCUT2D eigenvalue weighted by Crippen LogP contribution is 2.41. The maximum absolute atomic E-state index is 13.0. The Morgan fingerprint density at radius 2 is 1.88 bits per heavy atom. The molecular formula is C19H21N3O3S. The van der Waals surface area contributed by atoms with Crippen LogP contribution >= 0.6 is 0 Å². The van der Waals surface area contributed by atoms with Crippen molar-refractivity contribution in [3.63, 3.8) is 0 Å². The zero-order valence-corrected chi connectivity index (χ0v) is 15.5. The van der Waals surface area contributed by atoms with Crippen LogP contribution in [0.3, 0.4) is 0 Å². The Kier molecular flexibility index (Phi) is 4.02. The van der Waals surface area contributed by atoms with Crippen molar-refractivity contribution in [2.24, 2.45) is 0 Å². The van der Waals surface area contributed by atoms with Crippen molar-refractivity contribution in [1.29, 1.82) is 0 Å². The summed E-state index contributed by atoms with van der Waals surface area (Å²) in [6, 6.07) is 12.8. The molecule has 1 aliphatic rings. The van der Waals surface area contributed by atoms with Gasteiger partial charge in [-0.25, -0.2) is 0 Å². The summed E-state index contributed by atoms with van der Waals surface area (Å²) >= 11 is 0. The number of hydrogen-bond acceptors (Lipinski definition) is 3. The highest BCUT2D eigenvalue weighted by Gasteiger charge is 2.38. The Bertz CT molecular complexity index is 1070. The summed E-state index contributed by atoms with van der Waals surface area (Å²) < 4.78 is 28.8. The number of nitrogens with zero attached hydrogens (tertiary/aromatic N) is 2. The van der Waals surface area contributed by atoms with Crippen molar-refractivity contribution in [3.8, 4) is 5.75 Å². The number of phenolic OH excluding ortho intramolecular Hbond substituents is 1. The van der Waals surface area contributed by atoms with E-state index in [1.807, 2.05) is 30.3 Å². The third kappa shape index (κ3) is 2.51. The summed E-state index contributed by atoms with van der Waals surface area (Å²) in [5.74, 6) is 0.153. The minimum Gasteiger partial charge on any atom is -0.506 e. The summed E-state index contributed by atoms with van der Waals surface area (Å²) in [7, 11) is -0.507. The number of fused-ring (bicyclic) bond motifs is 2. The van der Waals surface area contributed by atoms with E-state index in [-0.39, 0.29) is 5.75 Å². The third-order valence-corrected chi connectivity index (χ3v) is 6.93. The van der Waals surface area contributed by atoms with E-state index in [4.69, 9.17) is 0 Å². The number of H-pyrrole nitrogens is 1. The molecule has 0 saturated carbocycles. The number of phenols is 1. The van der Waals surface area contributed by atoms with Gasteiger partial charge < -0.3 is 10.1 Å². The predicted molar refractivity (Wildman–Crippen MR) is 101 cm³/mol. The van der Waals surface area contributed by atoms with Gasteiger partial charge in [-0.3, -0.25) is 0 Å². The Labute approximate surface area is 152 Å². The summed E-state index contributed by atoms with van der Waals surface area (Å²) in [6.07, 6.45) is 2.47. The second-order valence-corrected chi connectivity index (χ2v) is 8.79. The molecular weight excluding hydrogens is 350 g/mol. The molecule has 0 spiro atoms. The Hall–Kier alpha value is -2.35. The highest BCUT2D eigenvalue weighted by molar-refractivity contribution is 7.86. The molecule has 26 heavy (non-hydrogen) atoms. The number of hydrogen-bond donors (Lipinski definition) is 2. The van der Waals surface area contributed by atoms with E-state index in [0.29, 0.717) is 18.5 Å². The number of rotatable bonds is 3. The van der Waals surface area contributed by atoms with Crippen molar-refractivity contribution in [1.82, 2.24) is 13.6 Å². The first-order chi connectivity index (χ1) is 12.4. The van der Waals surface area contributed by atoms with Gasteiger partial charge in [-0.15, -0.1) is 0 Å². The topological polar surface area (TPSA) is 76.6 Å². The monoisotopic (exact) mass is 371 g/mol. The van der Waals surface area contributed by atoms with E-state index >= 15 is 0 Å². The zero-order valence-electron chi connectivity index (χ0n) is 14.7. The molecule has 136 valence electrons. The lowest BCUT2D eigenvalue weighted by Crippen LogP contribution is -2.45. The van der Waals surface area contributed by atoms with Gasteiger partial charge >= 0.3 is 0 Å². The van der Waals surface area contributed by atoms with Crippen molar-refractivity contribution in [2.75, 3.05) is 20.6 Å². The van der Waals surface area contributed by atoms with Gasteiger partial charge in [0.05, 0.1) is 11.6 Å². The van der Waals surface area contributed by atoms with Crippen LogP contribution in [0, 0.1) is 0 Å². The molecule has 4 rings (SSSR count). The molecule has 1 unspecified atom stereocenters. The van der Waals surface area contributed by atoms with Crippen LogP contribution in [-0.2, 0) is 16.6 Å². The number of aromatic hydroxyl groups is 1. The second kappa shape index (κ2) is 6.12. The minimum atomic E-state index is -3.61. The summed E-state index contributed by atoms with van der Waals surface area (Å²) in [6.45, 7) is 0.410. The molecule has 2 heterocycles. The number of aromatic amines is 1. The average molecular weight is 371 g/mol. The first kappa shape index (κ1) is 17.1. The van der Waals surface area contributed by atoms with E-state index in [9.17, 15) is 13.5 Å². The molecule has 1 aliphatic heterocycles. The van der Waals surface area contributed by atoms with E-state index in [0.717, 1.165) is 22.1 Å². The summed E-state index contributed by atoms with van der Waals surface area (Å²) in [5, 5.41) is 10.9. The predicted octanol–water partition coefficient (Wildman–Crippen LogP) is 2.63. The quantitative estimate of drug-likeness (QED) is 0.743. The Morgan fingerprint density at radius 3 is 2.65 bits per heavy atom. The first-order valence-electron chi connectivity index (χ1n) is 8.47.